The Kier molecular flexibility index (Phi) is 12.2. The molecule has 17 heteroatoms. The molecule has 17 nitrogen and oxygen atoms in total. The molecule has 0 bridgehead atoms. The maximum atomic E-state index is 12.6. The van der Waals surface area contributed by atoms with E-state index in [0.717, 1.165) is 37.7 Å². The molecule has 0 spiro atoms. The van der Waals surface area contributed by atoms with Gasteiger partial charge in [0, 0.05) is 24.8 Å². The lowest BCUT2D eigenvalue weighted by atomic mass is 9.42. The van der Waals surface area contributed by atoms with E-state index in [1.165, 1.54) is 13.8 Å². The number of cyclic esters (lactones) is 1. The number of carbonyl (C=O) groups is 2. The third-order valence-electron chi connectivity index (χ3n) is 16.2. The van der Waals surface area contributed by atoms with Crippen LogP contribution in [0.4, 0.5) is 0 Å². The molecule has 8 rings (SSSR count). The van der Waals surface area contributed by atoms with Crippen molar-refractivity contribution in [2.75, 3.05) is 13.2 Å². The second kappa shape index (κ2) is 16.4. The van der Waals surface area contributed by atoms with E-state index >= 15 is 0 Å². The van der Waals surface area contributed by atoms with Crippen molar-refractivity contribution in [3.8, 4) is 0 Å². The molecule has 22 atom stereocenters. The first-order chi connectivity index (χ1) is 27.8. The highest BCUT2D eigenvalue weighted by Crippen LogP contribution is 2.70. The molecule has 4 heterocycles. The van der Waals surface area contributed by atoms with Crippen molar-refractivity contribution in [3.05, 3.63) is 11.6 Å². The molecule has 334 valence electrons. The first-order valence-corrected chi connectivity index (χ1v) is 21.6. The summed E-state index contributed by atoms with van der Waals surface area (Å²) in [7, 11) is 0. The van der Waals surface area contributed by atoms with Gasteiger partial charge in [-0.3, -0.25) is 4.79 Å². The Morgan fingerprint density at radius 2 is 1.53 bits per heavy atom. The molecule has 59 heavy (non-hydrogen) atoms. The summed E-state index contributed by atoms with van der Waals surface area (Å²) < 4.78 is 47.0. The average Bonchev–Trinajstić information content (AvgIpc) is 3.74. The molecule has 7 fully saturated rings. The molecule has 0 aromatic carbocycles. The number of fused-ring (bicyclic) bond motifs is 5. The summed E-state index contributed by atoms with van der Waals surface area (Å²) in [4.78, 5) is 24.3. The van der Waals surface area contributed by atoms with Crippen LogP contribution >= 0.6 is 0 Å². The van der Waals surface area contributed by atoms with E-state index in [1.807, 2.05) is 6.92 Å². The lowest BCUT2D eigenvalue weighted by Gasteiger charge is -2.65. The predicted molar refractivity (Wildman–Crippen MR) is 200 cm³/mol. The van der Waals surface area contributed by atoms with Gasteiger partial charge in [-0.1, -0.05) is 13.8 Å². The molecule has 8 aliphatic rings. The lowest BCUT2D eigenvalue weighted by molar-refractivity contribution is -0.355. The highest BCUT2D eigenvalue weighted by Gasteiger charge is 2.71. The Labute approximate surface area is 344 Å². The largest absolute Gasteiger partial charge is 0.459 e. The van der Waals surface area contributed by atoms with Gasteiger partial charge < -0.3 is 73.6 Å². The van der Waals surface area contributed by atoms with Gasteiger partial charge in [0.1, 0.15) is 55.4 Å². The maximum Gasteiger partial charge on any atom is 0.331 e. The molecule has 4 aliphatic carbocycles. The van der Waals surface area contributed by atoms with Crippen molar-refractivity contribution in [2.24, 2.45) is 34.5 Å². The summed E-state index contributed by atoms with van der Waals surface area (Å²) in [6.07, 6.45) is -8.88. The number of hydrogen-bond acceptors (Lipinski definition) is 17. The van der Waals surface area contributed by atoms with E-state index in [0.29, 0.717) is 25.2 Å². The Balaban J connectivity index is 0.877. The Morgan fingerprint density at radius 3 is 2.24 bits per heavy atom. The average molecular weight is 841 g/mol. The standard InChI is InChI=1S/C42H64O17/c1-18-32(46)34(48)36(50)39(55-18)58-28-17-53-38(35(49)33(28)47)59-37-19(2)54-31(15-27(37)56-20(3)43)57-23-8-10-40(4)22(13-23)6-7-25-26(40)14-29(44)41(5)24(9-11-42(25,41)51)21-12-30(45)52-16-21/h12,18-19,22-29,31-39,44,46-51H,6-11,13-17H2,1-5H3. The van der Waals surface area contributed by atoms with Crippen LogP contribution in [0.2, 0.25) is 0 Å². The van der Waals surface area contributed by atoms with E-state index in [4.69, 9.17) is 37.9 Å². The minimum atomic E-state index is -1.63. The molecule has 3 saturated heterocycles. The van der Waals surface area contributed by atoms with Gasteiger partial charge in [-0.05, 0) is 99.9 Å². The topological polar surface area (TPSA) is 250 Å². The van der Waals surface area contributed by atoms with Crippen molar-refractivity contribution in [2.45, 2.75) is 190 Å². The van der Waals surface area contributed by atoms with Gasteiger partial charge in [0.05, 0.1) is 36.6 Å². The van der Waals surface area contributed by atoms with Crippen LogP contribution in [-0.4, -0.2) is 159 Å². The Hall–Kier alpha value is -1.84. The number of carbonyl (C=O) groups excluding carboxylic acids is 2. The summed E-state index contributed by atoms with van der Waals surface area (Å²) in [5.74, 6) is -0.574. The minimum absolute atomic E-state index is 0.0278. The normalized spacial score (nSPS) is 53.7. The zero-order chi connectivity index (χ0) is 42.3. The third-order valence-corrected chi connectivity index (χ3v) is 16.2. The number of aliphatic hydroxyl groups is 7. The summed E-state index contributed by atoms with van der Waals surface area (Å²) >= 11 is 0. The number of hydrogen-bond donors (Lipinski definition) is 7. The summed E-state index contributed by atoms with van der Waals surface area (Å²) in [6, 6.07) is 0. The van der Waals surface area contributed by atoms with Crippen LogP contribution in [0.5, 0.6) is 0 Å². The first-order valence-electron chi connectivity index (χ1n) is 21.6. The molecule has 0 aromatic heterocycles. The zero-order valence-corrected chi connectivity index (χ0v) is 34.5. The van der Waals surface area contributed by atoms with Crippen molar-refractivity contribution < 1.29 is 83.2 Å². The fourth-order valence-corrected chi connectivity index (χ4v) is 12.8. The minimum Gasteiger partial charge on any atom is -0.459 e. The second-order valence-corrected chi connectivity index (χ2v) is 19.2. The third kappa shape index (κ3) is 7.50. The second-order valence-electron chi connectivity index (χ2n) is 19.2. The molecule has 22 unspecified atom stereocenters. The smallest absolute Gasteiger partial charge is 0.331 e. The fraction of sp³-hybridized carbons (Fsp3) is 0.905. The van der Waals surface area contributed by atoms with Gasteiger partial charge in [0.25, 0.3) is 0 Å². The molecule has 0 amide bonds. The zero-order valence-electron chi connectivity index (χ0n) is 34.5. The lowest BCUT2D eigenvalue weighted by Crippen LogP contribution is -2.67. The fourth-order valence-electron chi connectivity index (χ4n) is 12.8. The van der Waals surface area contributed by atoms with Gasteiger partial charge in [-0.15, -0.1) is 0 Å². The van der Waals surface area contributed by atoms with E-state index < -0.39 is 103 Å². The summed E-state index contributed by atoms with van der Waals surface area (Å²) in [6.45, 7) is 8.79. The molecule has 4 saturated carbocycles. The maximum absolute atomic E-state index is 12.6. The van der Waals surface area contributed by atoms with Crippen LogP contribution in [0.25, 0.3) is 0 Å². The van der Waals surface area contributed by atoms with Crippen LogP contribution in [0.15, 0.2) is 11.6 Å². The highest BCUT2D eigenvalue weighted by atomic mass is 16.8. The van der Waals surface area contributed by atoms with Gasteiger partial charge >= 0.3 is 11.9 Å². The molecule has 0 radical (unpaired) electrons. The van der Waals surface area contributed by atoms with Gasteiger partial charge in [0.15, 0.2) is 18.9 Å². The number of ether oxygens (including phenoxy) is 8. The van der Waals surface area contributed by atoms with Crippen LogP contribution in [0, 0.1) is 34.5 Å². The first kappa shape index (κ1) is 43.8. The van der Waals surface area contributed by atoms with Gasteiger partial charge in [0.2, 0.25) is 0 Å². The monoisotopic (exact) mass is 840 g/mol. The van der Waals surface area contributed by atoms with Crippen LogP contribution in [-0.2, 0) is 47.5 Å². The van der Waals surface area contributed by atoms with Gasteiger partial charge in [-0.2, -0.15) is 0 Å². The van der Waals surface area contributed by atoms with Crippen molar-refractivity contribution in [1.82, 2.24) is 0 Å². The molecular weight excluding hydrogens is 776 g/mol. The molecule has 7 N–H and O–H groups in total. The molecular formula is C42H64O17. The van der Waals surface area contributed by atoms with Crippen molar-refractivity contribution >= 4 is 11.9 Å². The van der Waals surface area contributed by atoms with E-state index in [9.17, 15) is 45.3 Å². The van der Waals surface area contributed by atoms with Crippen molar-refractivity contribution in [1.29, 1.82) is 0 Å². The number of esters is 2. The van der Waals surface area contributed by atoms with Crippen LogP contribution in [0.1, 0.15) is 92.4 Å². The van der Waals surface area contributed by atoms with Crippen LogP contribution < -0.4 is 0 Å². The molecule has 0 aromatic rings. The van der Waals surface area contributed by atoms with E-state index in [-0.39, 0.29) is 54.9 Å². The summed E-state index contributed by atoms with van der Waals surface area (Å²) in [5, 5.41) is 77.1. The van der Waals surface area contributed by atoms with Crippen LogP contribution in [0.3, 0.4) is 0 Å². The SMILES string of the molecule is CC(=O)OC1CC(OC2CCC3(C)C(CCC4C3CC(O)C3(C)C(C5=CC(=O)OC5)CCC43O)C2)OC(C)C1OC1OCC(OC2OC(C)C(O)C(O)C2O)C(O)C1O. The predicted octanol–water partition coefficient (Wildman–Crippen LogP) is 0.342. The Morgan fingerprint density at radius 1 is 0.780 bits per heavy atom. The van der Waals surface area contributed by atoms with E-state index in [2.05, 4.69) is 6.92 Å². The molecule has 4 aliphatic heterocycles. The van der Waals surface area contributed by atoms with Crippen molar-refractivity contribution in [3.63, 3.8) is 0 Å². The van der Waals surface area contributed by atoms with E-state index in [1.54, 1.807) is 13.0 Å². The van der Waals surface area contributed by atoms with Gasteiger partial charge in [-0.25, -0.2) is 4.79 Å². The highest BCUT2D eigenvalue weighted by molar-refractivity contribution is 5.85. The number of rotatable bonds is 8. The summed E-state index contributed by atoms with van der Waals surface area (Å²) in [5.41, 5.74) is -1.07. The Bertz CT molecular complexity index is 1600. The quantitative estimate of drug-likeness (QED) is 0.129. The number of aliphatic hydroxyl groups excluding tert-OH is 6.